The zero-order chi connectivity index (χ0) is 16.5. The summed E-state index contributed by atoms with van der Waals surface area (Å²) in [7, 11) is 0. The van der Waals surface area contributed by atoms with Gasteiger partial charge in [0.05, 0.1) is 23.2 Å². The number of carbonyl (C=O) groups excluding carboxylic acids is 1. The molecule has 4 rings (SSSR count). The van der Waals surface area contributed by atoms with Gasteiger partial charge in [-0.05, 0) is 11.6 Å². The number of hydrogen-bond donors (Lipinski definition) is 1. The van der Waals surface area contributed by atoms with Gasteiger partial charge in [-0.1, -0.05) is 17.7 Å². The van der Waals surface area contributed by atoms with Gasteiger partial charge in [-0.15, -0.1) is 0 Å². The molecule has 0 radical (unpaired) electrons. The maximum Gasteiger partial charge on any atom is 0.245 e. The highest BCUT2D eigenvalue weighted by Gasteiger charge is 2.34. The number of hydrogen-bond acceptors (Lipinski definition) is 4. The Kier molecular flexibility index (Phi) is 3.78. The Morgan fingerprint density at radius 3 is 3.08 bits per heavy atom. The van der Waals surface area contributed by atoms with Crippen molar-refractivity contribution in [1.82, 2.24) is 29.6 Å². The van der Waals surface area contributed by atoms with E-state index in [0.717, 1.165) is 23.4 Å². The maximum absolute atomic E-state index is 12.9. The third-order valence-corrected chi connectivity index (χ3v) is 4.34. The van der Waals surface area contributed by atoms with Crippen LogP contribution in [0.3, 0.4) is 0 Å². The summed E-state index contributed by atoms with van der Waals surface area (Å²) in [6.07, 6.45) is 9.08. The average Bonchev–Trinajstić information content (AvgIpc) is 3.23. The quantitative estimate of drug-likeness (QED) is 0.787. The van der Waals surface area contributed by atoms with Gasteiger partial charge >= 0.3 is 0 Å². The van der Waals surface area contributed by atoms with E-state index in [9.17, 15) is 4.79 Å². The van der Waals surface area contributed by atoms with Crippen LogP contribution in [0.1, 0.15) is 23.0 Å². The molecule has 0 spiro atoms. The fraction of sp³-hybridized carbons (Fsp3) is 0.250. The molecule has 1 unspecified atom stereocenters. The number of halogens is 1. The zero-order valence-electron chi connectivity index (χ0n) is 12.8. The Balaban J connectivity index is 1.67. The standard InChI is InChI=1S/C16H15ClN6O/c17-12-7-21-22(8-12)9-14(24)23-5-3-13-15(20-10-19-13)16(23)11-2-1-4-18-6-11/h1-2,4,6-8,10,16H,3,5,9H2,(H,19,20). The second kappa shape index (κ2) is 6.09. The van der Waals surface area contributed by atoms with Crippen molar-refractivity contribution in [2.45, 2.75) is 19.0 Å². The van der Waals surface area contributed by atoms with Crippen LogP contribution in [0.25, 0.3) is 0 Å². The molecule has 0 fully saturated rings. The highest BCUT2D eigenvalue weighted by molar-refractivity contribution is 6.30. The molecule has 0 saturated carbocycles. The van der Waals surface area contributed by atoms with Gasteiger partial charge < -0.3 is 9.88 Å². The first-order chi connectivity index (χ1) is 11.7. The molecule has 0 saturated heterocycles. The summed E-state index contributed by atoms with van der Waals surface area (Å²) in [5.41, 5.74) is 2.88. The number of aromatic nitrogens is 5. The van der Waals surface area contributed by atoms with Crippen LogP contribution < -0.4 is 0 Å². The minimum absolute atomic E-state index is 0.0303. The highest BCUT2D eigenvalue weighted by Crippen LogP contribution is 2.33. The molecule has 0 bridgehead atoms. The lowest BCUT2D eigenvalue weighted by Gasteiger charge is -2.35. The molecule has 1 amide bonds. The van der Waals surface area contributed by atoms with E-state index in [-0.39, 0.29) is 18.5 Å². The summed E-state index contributed by atoms with van der Waals surface area (Å²) in [6.45, 7) is 0.756. The van der Waals surface area contributed by atoms with Gasteiger partial charge in [-0.2, -0.15) is 5.10 Å². The lowest BCUT2D eigenvalue weighted by atomic mass is 9.97. The van der Waals surface area contributed by atoms with E-state index in [1.807, 2.05) is 17.0 Å². The molecule has 1 N–H and O–H groups in total. The lowest BCUT2D eigenvalue weighted by molar-refractivity contribution is -0.134. The van der Waals surface area contributed by atoms with Crippen LogP contribution in [0.5, 0.6) is 0 Å². The molecule has 4 heterocycles. The molecule has 1 atom stereocenters. The molecular formula is C16H15ClN6O. The van der Waals surface area contributed by atoms with E-state index in [2.05, 4.69) is 20.1 Å². The first-order valence-corrected chi connectivity index (χ1v) is 7.99. The van der Waals surface area contributed by atoms with Crippen molar-refractivity contribution in [3.8, 4) is 0 Å². The van der Waals surface area contributed by atoms with Crippen molar-refractivity contribution in [2.24, 2.45) is 0 Å². The van der Waals surface area contributed by atoms with Crippen LogP contribution in [0.2, 0.25) is 5.02 Å². The maximum atomic E-state index is 12.9. The van der Waals surface area contributed by atoms with Gasteiger partial charge in [0.1, 0.15) is 12.6 Å². The molecule has 122 valence electrons. The highest BCUT2D eigenvalue weighted by atomic mass is 35.5. The molecule has 3 aromatic rings. The Morgan fingerprint density at radius 1 is 1.42 bits per heavy atom. The van der Waals surface area contributed by atoms with Gasteiger partial charge in [-0.3, -0.25) is 14.5 Å². The molecular weight excluding hydrogens is 328 g/mol. The third-order valence-electron chi connectivity index (χ3n) is 4.14. The zero-order valence-corrected chi connectivity index (χ0v) is 13.5. The van der Waals surface area contributed by atoms with Gasteiger partial charge in [0, 0.05) is 37.3 Å². The van der Waals surface area contributed by atoms with Crippen molar-refractivity contribution in [3.63, 3.8) is 0 Å². The first kappa shape index (κ1) is 14.9. The number of nitrogens with zero attached hydrogens (tertiary/aromatic N) is 5. The van der Waals surface area contributed by atoms with Gasteiger partial charge in [0.25, 0.3) is 0 Å². The summed E-state index contributed by atoms with van der Waals surface area (Å²) in [4.78, 5) is 26.5. The van der Waals surface area contributed by atoms with E-state index in [4.69, 9.17) is 11.6 Å². The largest absolute Gasteiger partial charge is 0.348 e. The monoisotopic (exact) mass is 342 g/mol. The van der Waals surface area contributed by atoms with Crippen LogP contribution in [-0.2, 0) is 17.8 Å². The number of rotatable bonds is 3. The third kappa shape index (κ3) is 2.67. The van der Waals surface area contributed by atoms with Crippen molar-refractivity contribution in [2.75, 3.05) is 6.54 Å². The molecule has 0 aromatic carbocycles. The smallest absolute Gasteiger partial charge is 0.245 e. The Morgan fingerprint density at radius 2 is 2.33 bits per heavy atom. The first-order valence-electron chi connectivity index (χ1n) is 7.62. The molecule has 24 heavy (non-hydrogen) atoms. The Labute approximate surface area is 143 Å². The van der Waals surface area contributed by atoms with E-state index >= 15 is 0 Å². The van der Waals surface area contributed by atoms with Gasteiger partial charge in [0.15, 0.2) is 0 Å². The number of pyridine rings is 1. The van der Waals surface area contributed by atoms with E-state index < -0.39 is 0 Å². The van der Waals surface area contributed by atoms with Gasteiger partial charge in [-0.25, -0.2) is 4.98 Å². The predicted octanol–water partition coefficient (Wildman–Crippen LogP) is 1.83. The number of amides is 1. The minimum Gasteiger partial charge on any atom is -0.348 e. The number of carbonyl (C=O) groups is 1. The number of aromatic amines is 1. The fourth-order valence-corrected chi connectivity index (χ4v) is 3.23. The molecule has 8 heteroatoms. The van der Waals surface area contributed by atoms with Crippen LogP contribution in [0.15, 0.2) is 43.2 Å². The summed E-state index contributed by atoms with van der Waals surface area (Å²) in [6, 6.07) is 3.59. The molecule has 7 nitrogen and oxygen atoms in total. The summed E-state index contributed by atoms with van der Waals surface area (Å²) in [5, 5.41) is 4.60. The summed E-state index contributed by atoms with van der Waals surface area (Å²) < 4.78 is 1.55. The Hall–Kier alpha value is -2.67. The molecule has 0 aliphatic carbocycles. The van der Waals surface area contributed by atoms with Crippen molar-refractivity contribution in [1.29, 1.82) is 0 Å². The number of imidazole rings is 1. The molecule has 3 aromatic heterocycles. The van der Waals surface area contributed by atoms with Crippen LogP contribution >= 0.6 is 11.6 Å². The van der Waals surface area contributed by atoms with Crippen molar-refractivity contribution < 1.29 is 4.79 Å². The minimum atomic E-state index is -0.243. The van der Waals surface area contributed by atoms with E-state index in [1.54, 1.807) is 29.6 Å². The normalized spacial score (nSPS) is 16.9. The number of H-pyrrole nitrogens is 1. The van der Waals surface area contributed by atoms with Crippen LogP contribution in [0, 0.1) is 0 Å². The fourth-order valence-electron chi connectivity index (χ4n) is 3.07. The van der Waals surface area contributed by atoms with Crippen LogP contribution in [0.4, 0.5) is 0 Å². The summed E-state index contributed by atoms with van der Waals surface area (Å²) in [5.74, 6) is -0.0303. The second-order valence-corrected chi connectivity index (χ2v) is 6.08. The molecule has 1 aliphatic heterocycles. The van der Waals surface area contributed by atoms with Gasteiger partial charge in [0.2, 0.25) is 5.91 Å². The SMILES string of the molecule is O=C(Cn1cc(Cl)cn1)N1CCc2[nH]cnc2C1c1cccnc1. The summed E-state index contributed by atoms with van der Waals surface area (Å²) >= 11 is 5.88. The number of nitrogens with one attached hydrogen (secondary N) is 1. The van der Waals surface area contributed by atoms with Crippen molar-refractivity contribution >= 4 is 17.5 Å². The van der Waals surface area contributed by atoms with Crippen LogP contribution in [-0.4, -0.2) is 42.1 Å². The second-order valence-electron chi connectivity index (χ2n) is 5.65. The predicted molar refractivity (Wildman–Crippen MR) is 87.3 cm³/mol. The van der Waals surface area contributed by atoms with E-state index in [1.165, 1.54) is 6.20 Å². The molecule has 1 aliphatic rings. The topological polar surface area (TPSA) is 79.7 Å². The Bertz CT molecular complexity index is 858. The van der Waals surface area contributed by atoms with E-state index in [0.29, 0.717) is 11.6 Å². The number of fused-ring (bicyclic) bond motifs is 1. The lowest BCUT2D eigenvalue weighted by Crippen LogP contribution is -2.42. The average molecular weight is 343 g/mol. The van der Waals surface area contributed by atoms with Crippen molar-refractivity contribution in [3.05, 3.63) is 65.2 Å².